The second-order valence-corrected chi connectivity index (χ2v) is 7.64. The molecule has 0 aromatic heterocycles. The van der Waals surface area contributed by atoms with Gasteiger partial charge in [0.2, 0.25) is 0 Å². The summed E-state index contributed by atoms with van der Waals surface area (Å²) in [5.74, 6) is 2.47. The highest BCUT2D eigenvalue weighted by molar-refractivity contribution is 8.00. The van der Waals surface area contributed by atoms with Gasteiger partial charge in [0.05, 0.1) is 25.4 Å². The van der Waals surface area contributed by atoms with Gasteiger partial charge in [0.25, 0.3) is 0 Å². The van der Waals surface area contributed by atoms with Gasteiger partial charge in [0, 0.05) is 22.0 Å². The Morgan fingerprint density at radius 2 is 1.12 bits per heavy atom. The Kier molecular flexibility index (Phi) is 4.03. The van der Waals surface area contributed by atoms with Gasteiger partial charge in [-0.15, -0.1) is 0 Å². The lowest BCUT2D eigenvalue weighted by molar-refractivity contribution is 0.424. The maximum Gasteiger partial charge on any atom is 0.0900 e. The molecular weight excluding hydrogens is 240 g/mol. The predicted octanol–water partition coefficient (Wildman–Crippen LogP) is 2.56. The lowest BCUT2D eigenvalue weighted by Gasteiger charge is -2.27. The van der Waals surface area contributed by atoms with E-state index >= 15 is 0 Å². The summed E-state index contributed by atoms with van der Waals surface area (Å²) in [5.41, 5.74) is 0. The summed E-state index contributed by atoms with van der Waals surface area (Å²) in [6.45, 7) is 2.03. The molecule has 0 aromatic carbocycles. The Hall–Kier alpha value is 0.620. The first-order valence-corrected chi connectivity index (χ1v) is 8.46. The van der Waals surface area contributed by atoms with Crippen molar-refractivity contribution in [1.29, 1.82) is 0 Å². The van der Waals surface area contributed by atoms with Crippen LogP contribution >= 0.6 is 23.5 Å². The van der Waals surface area contributed by atoms with E-state index in [1.807, 2.05) is 0 Å². The lowest BCUT2D eigenvalue weighted by atomic mass is 10.00. The van der Waals surface area contributed by atoms with Crippen molar-refractivity contribution < 1.29 is 9.47 Å². The Bertz CT molecular complexity index is 197. The minimum atomic E-state index is 0.601. The Labute approximate surface area is 106 Å². The monoisotopic (exact) mass is 260 g/mol. The average Bonchev–Trinajstić information content (AvgIpc) is 3.17. The van der Waals surface area contributed by atoms with Crippen LogP contribution in [-0.4, -0.2) is 47.4 Å². The molecule has 0 N–H and O–H groups in total. The van der Waals surface area contributed by atoms with E-state index in [0.29, 0.717) is 12.2 Å². The van der Waals surface area contributed by atoms with Gasteiger partial charge in [-0.1, -0.05) is 0 Å². The lowest BCUT2D eigenvalue weighted by Crippen LogP contribution is -2.19. The van der Waals surface area contributed by atoms with Crippen molar-refractivity contribution in [2.75, 3.05) is 24.7 Å². The van der Waals surface area contributed by atoms with E-state index in [-0.39, 0.29) is 0 Å². The number of thioether (sulfide) groups is 2. The fourth-order valence-electron chi connectivity index (χ4n) is 2.18. The molecule has 4 heteroatoms. The first-order valence-electron chi connectivity index (χ1n) is 6.36. The molecule has 3 rings (SSSR count). The first-order chi connectivity index (χ1) is 7.90. The smallest absolute Gasteiger partial charge is 0.0900 e. The first kappa shape index (κ1) is 11.7. The molecule has 2 nitrogen and oxygen atoms in total. The quantitative estimate of drug-likeness (QED) is 0.685. The van der Waals surface area contributed by atoms with Crippen LogP contribution in [0.4, 0.5) is 0 Å². The molecule has 2 atom stereocenters. The summed E-state index contributed by atoms with van der Waals surface area (Å²) in [6.07, 6.45) is 6.87. The third-order valence-electron chi connectivity index (χ3n) is 3.46. The zero-order valence-electron chi connectivity index (χ0n) is 9.60. The second kappa shape index (κ2) is 5.51. The minimum absolute atomic E-state index is 0.601. The van der Waals surface area contributed by atoms with Gasteiger partial charge in [-0.3, -0.25) is 0 Å². The van der Waals surface area contributed by atoms with Crippen LogP contribution in [0.25, 0.3) is 0 Å². The topological polar surface area (TPSA) is 25.1 Å². The van der Waals surface area contributed by atoms with Crippen LogP contribution in [0.1, 0.15) is 25.7 Å². The van der Waals surface area contributed by atoms with E-state index in [0.717, 1.165) is 23.7 Å². The fourth-order valence-corrected chi connectivity index (χ4v) is 4.75. The van der Waals surface area contributed by atoms with Gasteiger partial charge < -0.3 is 9.47 Å². The highest BCUT2D eigenvalue weighted by Crippen LogP contribution is 2.36. The number of hydrogen-bond acceptors (Lipinski definition) is 4. The van der Waals surface area contributed by atoms with Gasteiger partial charge in [-0.2, -0.15) is 23.5 Å². The number of rotatable bonds is 6. The summed E-state index contributed by atoms with van der Waals surface area (Å²) in [6, 6.07) is 0. The molecule has 0 amide bonds. The molecule has 0 bridgehead atoms. The van der Waals surface area contributed by atoms with Crippen molar-refractivity contribution in [2.24, 2.45) is 0 Å². The zero-order valence-corrected chi connectivity index (χ0v) is 11.2. The molecule has 1 aliphatic carbocycles. The highest BCUT2D eigenvalue weighted by atomic mass is 32.2. The molecule has 0 spiro atoms. The van der Waals surface area contributed by atoms with E-state index in [4.69, 9.17) is 9.47 Å². The summed E-state index contributed by atoms with van der Waals surface area (Å²) < 4.78 is 10.5. The van der Waals surface area contributed by atoms with Gasteiger partial charge in [-0.25, -0.2) is 0 Å². The molecule has 92 valence electrons. The summed E-state index contributed by atoms with van der Waals surface area (Å²) >= 11 is 4.30. The number of epoxide rings is 2. The standard InChI is InChI=1S/C12H20O2S2/c1-2-12(16-8-10-6-14-10)4-3-11(1)15-7-9-5-13-9/h9-12H,1-8H2. The number of hydrogen-bond donors (Lipinski definition) is 0. The molecule has 16 heavy (non-hydrogen) atoms. The molecule has 3 fully saturated rings. The molecule has 2 unspecified atom stereocenters. The van der Waals surface area contributed by atoms with E-state index in [1.165, 1.54) is 37.2 Å². The van der Waals surface area contributed by atoms with Crippen LogP contribution in [0.3, 0.4) is 0 Å². The molecular formula is C12H20O2S2. The van der Waals surface area contributed by atoms with Crippen molar-refractivity contribution in [1.82, 2.24) is 0 Å². The van der Waals surface area contributed by atoms with Crippen molar-refractivity contribution in [3.8, 4) is 0 Å². The third kappa shape index (κ3) is 3.83. The average molecular weight is 260 g/mol. The van der Waals surface area contributed by atoms with E-state index in [2.05, 4.69) is 23.5 Å². The summed E-state index contributed by atoms with van der Waals surface area (Å²) in [5, 5.41) is 1.83. The Morgan fingerprint density at radius 1 is 0.750 bits per heavy atom. The van der Waals surface area contributed by atoms with Crippen molar-refractivity contribution in [2.45, 2.75) is 48.4 Å². The molecule has 0 aromatic rings. The van der Waals surface area contributed by atoms with Crippen molar-refractivity contribution in [3.05, 3.63) is 0 Å². The SMILES string of the molecule is C1OC1CSC1CCC(SCC2CO2)CC1. The predicted molar refractivity (Wildman–Crippen MR) is 70.4 cm³/mol. The van der Waals surface area contributed by atoms with Gasteiger partial charge in [0.1, 0.15) is 0 Å². The van der Waals surface area contributed by atoms with Gasteiger partial charge >= 0.3 is 0 Å². The molecule has 2 aliphatic heterocycles. The van der Waals surface area contributed by atoms with Crippen molar-refractivity contribution in [3.63, 3.8) is 0 Å². The largest absolute Gasteiger partial charge is 0.372 e. The molecule has 2 saturated heterocycles. The van der Waals surface area contributed by atoms with Gasteiger partial charge in [-0.05, 0) is 25.7 Å². The fraction of sp³-hybridized carbons (Fsp3) is 1.00. The summed E-state index contributed by atoms with van der Waals surface area (Å²) in [7, 11) is 0. The molecule has 3 aliphatic rings. The molecule has 0 radical (unpaired) electrons. The maximum atomic E-state index is 5.25. The van der Waals surface area contributed by atoms with Crippen molar-refractivity contribution >= 4 is 23.5 Å². The van der Waals surface area contributed by atoms with E-state index in [9.17, 15) is 0 Å². The normalized spacial score (nSPS) is 42.0. The number of ether oxygens (including phenoxy) is 2. The maximum absolute atomic E-state index is 5.25. The van der Waals surface area contributed by atoms with E-state index in [1.54, 1.807) is 0 Å². The van der Waals surface area contributed by atoms with Crippen LogP contribution in [-0.2, 0) is 9.47 Å². The molecule has 1 saturated carbocycles. The third-order valence-corrected chi connectivity index (χ3v) is 6.48. The molecule has 2 heterocycles. The zero-order chi connectivity index (χ0) is 10.8. The second-order valence-electron chi connectivity index (χ2n) is 4.98. The van der Waals surface area contributed by atoms with Crippen LogP contribution in [0.2, 0.25) is 0 Å². The van der Waals surface area contributed by atoms with Crippen LogP contribution < -0.4 is 0 Å². The van der Waals surface area contributed by atoms with Crippen LogP contribution in [0, 0.1) is 0 Å². The van der Waals surface area contributed by atoms with Crippen LogP contribution in [0.15, 0.2) is 0 Å². The Balaban J connectivity index is 1.28. The Morgan fingerprint density at radius 3 is 1.44 bits per heavy atom. The van der Waals surface area contributed by atoms with Gasteiger partial charge in [0.15, 0.2) is 0 Å². The van der Waals surface area contributed by atoms with E-state index < -0.39 is 0 Å². The summed E-state index contributed by atoms with van der Waals surface area (Å²) in [4.78, 5) is 0. The minimum Gasteiger partial charge on any atom is -0.372 e. The highest BCUT2D eigenvalue weighted by Gasteiger charge is 2.28. The van der Waals surface area contributed by atoms with Crippen LogP contribution in [0.5, 0.6) is 0 Å².